The lowest BCUT2D eigenvalue weighted by Gasteiger charge is -2.13. The molecule has 1 atom stereocenters. The van der Waals surface area contributed by atoms with Crippen molar-refractivity contribution >= 4 is 16.9 Å². The summed E-state index contributed by atoms with van der Waals surface area (Å²) in [5.41, 5.74) is 2.48. The number of aromatic nitrogens is 3. The molecule has 0 aliphatic carbocycles. The second-order valence-corrected chi connectivity index (χ2v) is 5.61. The van der Waals surface area contributed by atoms with Gasteiger partial charge in [-0.15, -0.1) is 0 Å². The van der Waals surface area contributed by atoms with Gasteiger partial charge in [0.1, 0.15) is 5.69 Å². The number of aryl methyl sites for hydroxylation is 1. The number of aromatic amines is 1. The van der Waals surface area contributed by atoms with E-state index in [0.29, 0.717) is 17.6 Å². The molecule has 3 aromatic rings. The summed E-state index contributed by atoms with van der Waals surface area (Å²) in [5.74, 6) is -0.124. The summed E-state index contributed by atoms with van der Waals surface area (Å²) >= 11 is 0. The lowest BCUT2D eigenvalue weighted by Crippen LogP contribution is -2.27. The third kappa shape index (κ3) is 3.65. The number of H-pyrrole nitrogens is 1. The zero-order chi connectivity index (χ0) is 16.9. The van der Waals surface area contributed by atoms with Gasteiger partial charge in [-0.1, -0.05) is 18.2 Å². The quantitative estimate of drug-likeness (QED) is 0.753. The second-order valence-electron chi connectivity index (χ2n) is 5.61. The summed E-state index contributed by atoms with van der Waals surface area (Å²) in [6.07, 6.45) is 3.92. The highest BCUT2D eigenvalue weighted by Gasteiger charge is 2.11. The fourth-order valence-electron chi connectivity index (χ4n) is 2.50. The van der Waals surface area contributed by atoms with Crippen molar-refractivity contribution in [3.05, 3.63) is 70.4 Å². The minimum atomic E-state index is -0.248. The zero-order valence-electron chi connectivity index (χ0n) is 13.3. The Labute approximate surface area is 139 Å². The number of para-hydroxylation sites is 2. The first-order valence-electron chi connectivity index (χ1n) is 7.81. The van der Waals surface area contributed by atoms with Crippen LogP contribution in [0.25, 0.3) is 11.0 Å². The molecule has 2 N–H and O–H groups in total. The van der Waals surface area contributed by atoms with E-state index < -0.39 is 0 Å². The third-order valence-electron chi connectivity index (χ3n) is 3.82. The molecular formula is C18H18N4O2. The molecule has 2 aromatic heterocycles. The smallest absolute Gasteiger partial charge is 0.270 e. The summed E-state index contributed by atoms with van der Waals surface area (Å²) in [7, 11) is 0. The number of benzene rings is 1. The van der Waals surface area contributed by atoms with E-state index in [9.17, 15) is 9.59 Å². The van der Waals surface area contributed by atoms with E-state index in [1.165, 1.54) is 0 Å². The van der Waals surface area contributed by atoms with Gasteiger partial charge in [0.25, 0.3) is 5.56 Å². The van der Waals surface area contributed by atoms with Crippen molar-refractivity contribution in [1.82, 2.24) is 20.3 Å². The van der Waals surface area contributed by atoms with Crippen molar-refractivity contribution in [3.63, 3.8) is 0 Å². The Balaban J connectivity index is 1.64. The molecule has 122 valence electrons. The van der Waals surface area contributed by atoms with Gasteiger partial charge in [-0.05, 0) is 30.7 Å². The first-order chi connectivity index (χ1) is 11.6. The van der Waals surface area contributed by atoms with Gasteiger partial charge in [0.2, 0.25) is 5.91 Å². The van der Waals surface area contributed by atoms with Gasteiger partial charge in [0.05, 0.1) is 17.1 Å². The summed E-state index contributed by atoms with van der Waals surface area (Å²) < 4.78 is 0. The molecule has 24 heavy (non-hydrogen) atoms. The molecule has 6 nitrogen and oxygen atoms in total. The van der Waals surface area contributed by atoms with Crippen LogP contribution in [0, 0.1) is 0 Å². The number of nitrogens with one attached hydrogen (secondary N) is 2. The summed E-state index contributed by atoms with van der Waals surface area (Å²) in [6, 6.07) is 10.9. The van der Waals surface area contributed by atoms with E-state index in [4.69, 9.17) is 0 Å². The fraction of sp³-hybridized carbons (Fsp3) is 0.222. The summed E-state index contributed by atoms with van der Waals surface area (Å²) in [4.78, 5) is 35.3. The fourth-order valence-corrected chi connectivity index (χ4v) is 2.50. The van der Waals surface area contributed by atoms with Crippen LogP contribution in [0.2, 0.25) is 0 Å². The zero-order valence-corrected chi connectivity index (χ0v) is 13.3. The molecule has 2 heterocycles. The number of fused-ring (bicyclic) bond motifs is 1. The second kappa shape index (κ2) is 7.04. The highest BCUT2D eigenvalue weighted by molar-refractivity contribution is 5.77. The molecule has 0 saturated carbocycles. The maximum Gasteiger partial charge on any atom is 0.270 e. The average Bonchev–Trinajstić information content (AvgIpc) is 2.60. The number of amides is 1. The van der Waals surface area contributed by atoms with Crippen molar-refractivity contribution in [3.8, 4) is 0 Å². The third-order valence-corrected chi connectivity index (χ3v) is 3.82. The highest BCUT2D eigenvalue weighted by Crippen LogP contribution is 2.10. The minimum absolute atomic E-state index is 0.124. The van der Waals surface area contributed by atoms with Crippen molar-refractivity contribution in [1.29, 1.82) is 0 Å². The Morgan fingerprint density at radius 3 is 2.88 bits per heavy atom. The number of carbonyl (C=O) groups excluding carboxylic acids is 1. The minimum Gasteiger partial charge on any atom is -0.350 e. The Kier molecular flexibility index (Phi) is 4.65. The largest absolute Gasteiger partial charge is 0.350 e. The van der Waals surface area contributed by atoms with Gasteiger partial charge < -0.3 is 10.3 Å². The number of pyridine rings is 1. The van der Waals surface area contributed by atoms with Gasteiger partial charge in [-0.2, -0.15) is 0 Å². The van der Waals surface area contributed by atoms with Crippen LogP contribution in [0.5, 0.6) is 0 Å². The molecule has 0 saturated heterocycles. The maximum absolute atomic E-state index is 12.1. The highest BCUT2D eigenvalue weighted by atomic mass is 16.1. The molecule has 1 aromatic carbocycles. The standard InChI is InChI=1S/C18H18N4O2/c1-12(13-5-4-10-19-11-13)20-17(23)9-8-16-18(24)22-15-7-3-2-6-14(15)21-16/h2-7,10-12H,8-9H2,1H3,(H,20,23)(H,22,24). The molecule has 6 heteroatoms. The van der Waals surface area contributed by atoms with E-state index in [2.05, 4.69) is 20.3 Å². The summed E-state index contributed by atoms with van der Waals surface area (Å²) in [6.45, 7) is 1.90. The SMILES string of the molecule is CC(NC(=O)CCc1nc2ccccc2[nH]c1=O)c1cccnc1. The number of hydrogen-bond acceptors (Lipinski definition) is 4. The van der Waals surface area contributed by atoms with Crippen LogP contribution < -0.4 is 10.9 Å². The number of hydrogen-bond donors (Lipinski definition) is 2. The topological polar surface area (TPSA) is 87.7 Å². The lowest BCUT2D eigenvalue weighted by atomic mass is 10.1. The van der Waals surface area contributed by atoms with E-state index in [1.807, 2.05) is 37.3 Å². The Bertz CT molecular complexity index is 906. The van der Waals surface area contributed by atoms with Crippen LogP contribution >= 0.6 is 0 Å². The van der Waals surface area contributed by atoms with Crippen LogP contribution in [-0.2, 0) is 11.2 Å². The van der Waals surface area contributed by atoms with Crippen LogP contribution in [0.3, 0.4) is 0 Å². The Morgan fingerprint density at radius 2 is 2.08 bits per heavy atom. The predicted octanol–water partition coefficient (Wildman–Crippen LogP) is 2.13. The molecule has 1 unspecified atom stereocenters. The van der Waals surface area contributed by atoms with Crippen molar-refractivity contribution < 1.29 is 4.79 Å². The Morgan fingerprint density at radius 1 is 1.25 bits per heavy atom. The molecule has 0 spiro atoms. The lowest BCUT2D eigenvalue weighted by molar-refractivity contribution is -0.121. The van der Waals surface area contributed by atoms with Crippen LogP contribution in [0.1, 0.15) is 30.6 Å². The number of carbonyl (C=O) groups is 1. The van der Waals surface area contributed by atoms with E-state index in [1.54, 1.807) is 18.5 Å². The van der Waals surface area contributed by atoms with Gasteiger partial charge in [0.15, 0.2) is 0 Å². The van der Waals surface area contributed by atoms with Crippen LogP contribution in [0.15, 0.2) is 53.6 Å². The van der Waals surface area contributed by atoms with Gasteiger partial charge in [-0.3, -0.25) is 14.6 Å². The number of rotatable bonds is 5. The normalized spacial score (nSPS) is 12.0. The van der Waals surface area contributed by atoms with Gasteiger partial charge >= 0.3 is 0 Å². The van der Waals surface area contributed by atoms with E-state index >= 15 is 0 Å². The van der Waals surface area contributed by atoms with Crippen LogP contribution in [-0.4, -0.2) is 20.9 Å². The summed E-state index contributed by atoms with van der Waals surface area (Å²) in [5, 5.41) is 2.90. The predicted molar refractivity (Wildman–Crippen MR) is 91.5 cm³/mol. The van der Waals surface area contributed by atoms with E-state index in [-0.39, 0.29) is 23.9 Å². The van der Waals surface area contributed by atoms with Crippen molar-refractivity contribution in [2.45, 2.75) is 25.8 Å². The number of nitrogens with zero attached hydrogens (tertiary/aromatic N) is 2. The molecule has 0 aliphatic heterocycles. The van der Waals surface area contributed by atoms with Gasteiger partial charge in [0, 0.05) is 25.2 Å². The molecule has 0 radical (unpaired) electrons. The van der Waals surface area contributed by atoms with Crippen molar-refractivity contribution in [2.75, 3.05) is 0 Å². The molecule has 0 aliphatic rings. The monoisotopic (exact) mass is 322 g/mol. The van der Waals surface area contributed by atoms with Gasteiger partial charge in [-0.25, -0.2) is 4.98 Å². The maximum atomic E-state index is 12.1. The molecule has 3 rings (SSSR count). The first-order valence-corrected chi connectivity index (χ1v) is 7.81. The molecule has 1 amide bonds. The van der Waals surface area contributed by atoms with Crippen molar-refractivity contribution in [2.24, 2.45) is 0 Å². The molecule has 0 fully saturated rings. The molecule has 0 bridgehead atoms. The Hall–Kier alpha value is -3.02. The van der Waals surface area contributed by atoms with E-state index in [0.717, 1.165) is 11.1 Å². The molecular weight excluding hydrogens is 304 g/mol. The first kappa shape index (κ1) is 15.9. The van der Waals surface area contributed by atoms with Crippen LogP contribution in [0.4, 0.5) is 0 Å². The average molecular weight is 322 g/mol.